The Labute approximate surface area is 76.6 Å². The molecule has 0 amide bonds. The lowest BCUT2D eigenvalue weighted by Gasteiger charge is -2.00. The van der Waals surface area contributed by atoms with Crippen molar-refractivity contribution in [2.45, 2.75) is 19.9 Å². The van der Waals surface area contributed by atoms with Crippen LogP contribution < -0.4 is 5.32 Å². The monoisotopic (exact) mass is 183 g/mol. The van der Waals surface area contributed by atoms with Gasteiger partial charge in [-0.1, -0.05) is 6.92 Å². The Morgan fingerprint density at radius 2 is 2.46 bits per heavy atom. The second-order valence-corrected chi connectivity index (χ2v) is 2.74. The highest BCUT2D eigenvalue weighted by Gasteiger charge is 2.11. The van der Waals surface area contributed by atoms with Gasteiger partial charge in [-0.3, -0.25) is 0 Å². The Balaban J connectivity index is 2.55. The standard InChI is InChI=1S/C9H13NO3/c1-2-4-10-6-8-7(9(11)12)3-5-13-8/h3,5,10H,2,4,6H2,1H3,(H,11,12). The van der Waals surface area contributed by atoms with E-state index in [-0.39, 0.29) is 5.56 Å². The minimum atomic E-state index is -0.943. The molecule has 0 bridgehead atoms. The zero-order valence-corrected chi connectivity index (χ0v) is 7.54. The molecule has 1 rings (SSSR count). The molecule has 0 saturated heterocycles. The molecule has 0 aliphatic carbocycles. The molecule has 2 N–H and O–H groups in total. The van der Waals surface area contributed by atoms with Crippen LogP contribution >= 0.6 is 0 Å². The van der Waals surface area contributed by atoms with E-state index in [4.69, 9.17) is 9.52 Å². The van der Waals surface area contributed by atoms with Crippen LogP contribution in [-0.4, -0.2) is 17.6 Å². The van der Waals surface area contributed by atoms with E-state index in [1.165, 1.54) is 12.3 Å². The Kier molecular flexibility index (Phi) is 3.52. The molecule has 0 aromatic carbocycles. The molecule has 0 radical (unpaired) electrons. The van der Waals surface area contributed by atoms with Gasteiger partial charge in [0.2, 0.25) is 0 Å². The van der Waals surface area contributed by atoms with Crippen LogP contribution in [-0.2, 0) is 6.54 Å². The van der Waals surface area contributed by atoms with E-state index in [1.807, 2.05) is 6.92 Å². The first-order chi connectivity index (χ1) is 6.25. The maximum absolute atomic E-state index is 10.6. The van der Waals surface area contributed by atoms with Crippen molar-refractivity contribution in [3.8, 4) is 0 Å². The maximum Gasteiger partial charge on any atom is 0.339 e. The van der Waals surface area contributed by atoms with Crippen molar-refractivity contribution in [1.29, 1.82) is 0 Å². The minimum absolute atomic E-state index is 0.239. The van der Waals surface area contributed by atoms with E-state index in [9.17, 15) is 4.79 Å². The minimum Gasteiger partial charge on any atom is -0.478 e. The Hall–Kier alpha value is -1.29. The van der Waals surface area contributed by atoms with E-state index in [0.717, 1.165) is 13.0 Å². The smallest absolute Gasteiger partial charge is 0.339 e. The SMILES string of the molecule is CCCNCc1occc1C(=O)O. The lowest BCUT2D eigenvalue weighted by atomic mass is 10.2. The van der Waals surface area contributed by atoms with Crippen LogP contribution in [0.25, 0.3) is 0 Å². The largest absolute Gasteiger partial charge is 0.478 e. The molecular weight excluding hydrogens is 170 g/mol. The Bertz CT molecular complexity index is 280. The summed E-state index contributed by atoms with van der Waals surface area (Å²) in [7, 11) is 0. The summed E-state index contributed by atoms with van der Waals surface area (Å²) in [4.78, 5) is 10.6. The third-order valence-electron chi connectivity index (χ3n) is 1.69. The van der Waals surface area contributed by atoms with Crippen molar-refractivity contribution < 1.29 is 14.3 Å². The third kappa shape index (κ3) is 2.59. The van der Waals surface area contributed by atoms with Crippen molar-refractivity contribution in [1.82, 2.24) is 5.32 Å². The average Bonchev–Trinajstić information content (AvgIpc) is 2.53. The number of carboxylic acid groups (broad SMARTS) is 1. The van der Waals surface area contributed by atoms with Crippen LogP contribution in [0, 0.1) is 0 Å². The lowest BCUT2D eigenvalue weighted by molar-refractivity contribution is 0.0694. The maximum atomic E-state index is 10.6. The number of aromatic carboxylic acids is 1. The van der Waals surface area contributed by atoms with E-state index >= 15 is 0 Å². The number of furan rings is 1. The number of carboxylic acids is 1. The van der Waals surface area contributed by atoms with Gasteiger partial charge in [-0.25, -0.2) is 4.79 Å². The molecule has 4 heteroatoms. The molecule has 13 heavy (non-hydrogen) atoms. The van der Waals surface area contributed by atoms with Crippen molar-refractivity contribution in [3.63, 3.8) is 0 Å². The first kappa shape index (κ1) is 9.80. The van der Waals surface area contributed by atoms with Gasteiger partial charge in [0, 0.05) is 0 Å². The van der Waals surface area contributed by atoms with Crippen LogP contribution in [0.4, 0.5) is 0 Å². The quantitative estimate of drug-likeness (QED) is 0.679. The molecule has 1 aromatic rings. The van der Waals surface area contributed by atoms with Crippen molar-refractivity contribution in [3.05, 3.63) is 23.7 Å². The van der Waals surface area contributed by atoms with Gasteiger partial charge < -0.3 is 14.8 Å². The van der Waals surface area contributed by atoms with Crippen LogP contribution in [0.3, 0.4) is 0 Å². The summed E-state index contributed by atoms with van der Waals surface area (Å²) in [6.07, 6.45) is 2.41. The Morgan fingerprint density at radius 3 is 3.08 bits per heavy atom. The van der Waals surface area contributed by atoms with E-state index in [1.54, 1.807) is 0 Å². The molecule has 4 nitrogen and oxygen atoms in total. The number of nitrogens with one attached hydrogen (secondary N) is 1. The highest BCUT2D eigenvalue weighted by atomic mass is 16.4. The molecule has 0 aliphatic heterocycles. The van der Waals surface area contributed by atoms with Crippen molar-refractivity contribution in [2.75, 3.05) is 6.54 Å². The zero-order chi connectivity index (χ0) is 9.68. The Morgan fingerprint density at radius 1 is 1.69 bits per heavy atom. The van der Waals surface area contributed by atoms with Crippen LogP contribution in [0.2, 0.25) is 0 Å². The molecule has 0 aliphatic rings. The van der Waals surface area contributed by atoms with Crippen molar-refractivity contribution in [2.24, 2.45) is 0 Å². The summed E-state index contributed by atoms with van der Waals surface area (Å²) in [5.74, 6) is -0.456. The molecule has 1 heterocycles. The molecule has 0 fully saturated rings. The van der Waals surface area contributed by atoms with Gasteiger partial charge in [-0.15, -0.1) is 0 Å². The summed E-state index contributed by atoms with van der Waals surface area (Å²) >= 11 is 0. The summed E-state index contributed by atoms with van der Waals surface area (Å²) in [6, 6.07) is 1.46. The first-order valence-corrected chi connectivity index (χ1v) is 4.26. The number of hydrogen-bond donors (Lipinski definition) is 2. The van der Waals surface area contributed by atoms with Gasteiger partial charge in [-0.2, -0.15) is 0 Å². The number of carbonyl (C=O) groups is 1. The van der Waals surface area contributed by atoms with Crippen molar-refractivity contribution >= 4 is 5.97 Å². The second-order valence-electron chi connectivity index (χ2n) is 2.74. The number of hydrogen-bond acceptors (Lipinski definition) is 3. The van der Waals surface area contributed by atoms with Crippen LogP contribution in [0.5, 0.6) is 0 Å². The van der Waals surface area contributed by atoms with Gasteiger partial charge in [-0.05, 0) is 19.0 Å². The fraction of sp³-hybridized carbons (Fsp3) is 0.444. The van der Waals surface area contributed by atoms with Gasteiger partial charge in [0.05, 0.1) is 12.8 Å². The molecule has 0 spiro atoms. The van der Waals surface area contributed by atoms with E-state index in [2.05, 4.69) is 5.32 Å². The zero-order valence-electron chi connectivity index (χ0n) is 7.54. The number of rotatable bonds is 5. The fourth-order valence-corrected chi connectivity index (χ4v) is 1.05. The molecule has 0 atom stereocenters. The van der Waals surface area contributed by atoms with E-state index in [0.29, 0.717) is 12.3 Å². The summed E-state index contributed by atoms with van der Waals surface area (Å²) in [5.41, 5.74) is 0.239. The predicted octanol–water partition coefficient (Wildman–Crippen LogP) is 1.48. The summed E-state index contributed by atoms with van der Waals surface area (Å²) < 4.78 is 5.03. The first-order valence-electron chi connectivity index (χ1n) is 4.26. The average molecular weight is 183 g/mol. The van der Waals surface area contributed by atoms with Crippen LogP contribution in [0.1, 0.15) is 29.5 Å². The fourth-order valence-electron chi connectivity index (χ4n) is 1.05. The molecule has 0 saturated carbocycles. The second kappa shape index (κ2) is 4.67. The normalized spacial score (nSPS) is 10.2. The predicted molar refractivity (Wildman–Crippen MR) is 47.7 cm³/mol. The summed E-state index contributed by atoms with van der Waals surface area (Å²) in [6.45, 7) is 3.38. The van der Waals surface area contributed by atoms with Gasteiger partial charge >= 0.3 is 5.97 Å². The summed E-state index contributed by atoms with van der Waals surface area (Å²) in [5, 5.41) is 11.8. The van der Waals surface area contributed by atoms with E-state index < -0.39 is 5.97 Å². The molecular formula is C9H13NO3. The third-order valence-corrected chi connectivity index (χ3v) is 1.69. The van der Waals surface area contributed by atoms with Gasteiger partial charge in [0.1, 0.15) is 11.3 Å². The molecule has 72 valence electrons. The highest BCUT2D eigenvalue weighted by Crippen LogP contribution is 2.09. The van der Waals surface area contributed by atoms with Gasteiger partial charge in [0.25, 0.3) is 0 Å². The van der Waals surface area contributed by atoms with Crippen LogP contribution in [0.15, 0.2) is 16.7 Å². The highest BCUT2D eigenvalue weighted by molar-refractivity contribution is 5.88. The molecule has 1 aromatic heterocycles. The topological polar surface area (TPSA) is 62.5 Å². The lowest BCUT2D eigenvalue weighted by Crippen LogP contribution is -2.15. The molecule has 0 unspecified atom stereocenters. The van der Waals surface area contributed by atoms with Gasteiger partial charge in [0.15, 0.2) is 0 Å².